The van der Waals surface area contributed by atoms with Crippen molar-refractivity contribution in [3.63, 3.8) is 0 Å². The molecule has 0 spiro atoms. The molecule has 0 fully saturated rings. The second-order valence-corrected chi connectivity index (χ2v) is 21.8. The van der Waals surface area contributed by atoms with Crippen LogP contribution in [0.25, 0.3) is 141 Å². The van der Waals surface area contributed by atoms with E-state index in [1.54, 1.807) is 0 Å². The Morgan fingerprint density at radius 1 is 0.351 bits per heavy atom. The fraction of sp³-hybridized carbons (Fsp3) is 0.0145. The van der Waals surface area contributed by atoms with Crippen LogP contribution >= 0.6 is 22.7 Å². The largest absolute Gasteiger partial charge is 0.309 e. The van der Waals surface area contributed by atoms with Crippen LogP contribution in [0.2, 0.25) is 0 Å². The van der Waals surface area contributed by atoms with E-state index < -0.39 is 0 Å². The number of fused-ring (bicyclic) bond motifs is 14. The number of pyridine rings is 1. The third-order valence-electron chi connectivity index (χ3n) is 15.2. The van der Waals surface area contributed by atoms with Crippen molar-refractivity contribution in [1.82, 2.24) is 29.1 Å². The van der Waals surface area contributed by atoms with Gasteiger partial charge in [0.1, 0.15) is 0 Å². The van der Waals surface area contributed by atoms with Gasteiger partial charge in [-0.3, -0.25) is 4.98 Å². The minimum atomic E-state index is 0.573. The molecule has 0 aliphatic heterocycles. The Balaban J connectivity index is 0.916. The molecule has 0 aliphatic rings. The summed E-state index contributed by atoms with van der Waals surface area (Å²) in [4.78, 5) is 21.4. The topological polar surface area (TPSA) is 61.4 Å². The first-order valence-corrected chi connectivity index (χ1v) is 27.5. The molecule has 16 rings (SSSR count). The number of hydrogen-bond acceptors (Lipinski definition) is 6. The molecule has 6 aromatic heterocycles. The summed E-state index contributed by atoms with van der Waals surface area (Å²) in [6.45, 7) is 0. The Labute approximate surface area is 450 Å². The average Bonchev–Trinajstić information content (AvgIpc) is 4.27. The van der Waals surface area contributed by atoms with Crippen LogP contribution in [0.4, 0.5) is 0 Å². The number of hydrogen-bond donors (Lipinski definition) is 0. The summed E-state index contributed by atoms with van der Waals surface area (Å²) in [6, 6.07) is 84.4. The Morgan fingerprint density at radius 3 is 1.40 bits per heavy atom. The van der Waals surface area contributed by atoms with Gasteiger partial charge in [0.05, 0.1) is 27.8 Å². The van der Waals surface area contributed by atoms with Gasteiger partial charge in [-0.05, 0) is 84.3 Å². The summed E-state index contributed by atoms with van der Waals surface area (Å²) < 4.78 is 9.82. The Kier molecular flexibility index (Phi) is 9.95. The van der Waals surface area contributed by atoms with E-state index in [1.165, 1.54) is 89.5 Å². The van der Waals surface area contributed by atoms with E-state index in [4.69, 9.17) is 19.9 Å². The molecule has 6 nitrogen and oxygen atoms in total. The van der Waals surface area contributed by atoms with Crippen LogP contribution in [0.5, 0.6) is 0 Å². The van der Waals surface area contributed by atoms with Crippen molar-refractivity contribution >= 4 is 107 Å². The number of thiophene rings is 2. The van der Waals surface area contributed by atoms with E-state index in [-0.39, 0.29) is 0 Å². The number of benzene rings is 10. The van der Waals surface area contributed by atoms with Crippen molar-refractivity contribution in [3.05, 3.63) is 254 Å². The fourth-order valence-corrected chi connectivity index (χ4v) is 14.5. The second kappa shape index (κ2) is 17.5. The van der Waals surface area contributed by atoms with Crippen molar-refractivity contribution in [1.29, 1.82) is 0 Å². The quantitative estimate of drug-likeness (QED) is 0.152. The van der Waals surface area contributed by atoms with Crippen molar-refractivity contribution in [2.45, 2.75) is 6.42 Å². The van der Waals surface area contributed by atoms with Gasteiger partial charge < -0.3 is 9.13 Å². The third kappa shape index (κ3) is 6.93. The standard InChI is InChI=1S/C69H42N6S2/c1-5-19-43(20-6-1)67-71-68(44-21-7-2-8-22-44)73-69(72-67)53-40-42(39-45-23-17-33-58-60(45)51-35-37-56-62(65(51)76-58)48-28-13-15-31-54(48)74(56)46-24-9-3-10-25-46)41-70-64(53)50-30-18-34-59-61(50)52-36-38-57-63(66(52)77-59)49-29-14-16-32-55(49)75(57)47-26-11-4-12-27-47/h1-38,40-41H,39H2. The molecule has 0 N–H and O–H groups in total. The van der Waals surface area contributed by atoms with E-state index >= 15 is 0 Å². The minimum Gasteiger partial charge on any atom is -0.309 e. The van der Waals surface area contributed by atoms with Crippen LogP contribution in [-0.4, -0.2) is 29.1 Å². The molecule has 0 aliphatic carbocycles. The van der Waals surface area contributed by atoms with Gasteiger partial charge in [0.25, 0.3) is 0 Å². The van der Waals surface area contributed by atoms with Gasteiger partial charge in [-0.15, -0.1) is 22.7 Å². The van der Waals surface area contributed by atoms with Crippen LogP contribution in [0.3, 0.4) is 0 Å². The summed E-state index contributed by atoms with van der Waals surface area (Å²) in [5.74, 6) is 1.79. The minimum absolute atomic E-state index is 0.573. The highest BCUT2D eigenvalue weighted by atomic mass is 32.1. The number of rotatable bonds is 8. The highest BCUT2D eigenvalue weighted by Crippen LogP contribution is 2.48. The summed E-state index contributed by atoms with van der Waals surface area (Å²) in [5, 5.41) is 9.95. The summed E-state index contributed by atoms with van der Waals surface area (Å²) >= 11 is 3.74. The smallest absolute Gasteiger partial charge is 0.166 e. The lowest BCUT2D eigenvalue weighted by molar-refractivity contribution is 1.07. The normalized spacial score (nSPS) is 11.9. The van der Waals surface area contributed by atoms with Crippen LogP contribution in [0.1, 0.15) is 11.1 Å². The van der Waals surface area contributed by atoms with Gasteiger partial charge in [-0.25, -0.2) is 15.0 Å². The highest BCUT2D eigenvalue weighted by molar-refractivity contribution is 7.27. The maximum Gasteiger partial charge on any atom is 0.166 e. The van der Waals surface area contributed by atoms with Gasteiger partial charge in [-0.1, -0.05) is 170 Å². The van der Waals surface area contributed by atoms with Gasteiger partial charge in [-0.2, -0.15) is 0 Å². The van der Waals surface area contributed by atoms with E-state index in [9.17, 15) is 0 Å². The molecule has 0 atom stereocenters. The number of nitrogens with zero attached hydrogens (tertiary/aromatic N) is 6. The predicted octanol–water partition coefficient (Wildman–Crippen LogP) is 18.5. The van der Waals surface area contributed by atoms with Crippen molar-refractivity contribution in [3.8, 4) is 56.8 Å². The van der Waals surface area contributed by atoms with Gasteiger partial charge in [0.15, 0.2) is 17.5 Å². The average molecular weight is 1020 g/mol. The molecule has 0 bridgehead atoms. The van der Waals surface area contributed by atoms with Crippen molar-refractivity contribution in [2.24, 2.45) is 0 Å². The van der Waals surface area contributed by atoms with Crippen molar-refractivity contribution in [2.75, 3.05) is 0 Å². The number of para-hydroxylation sites is 4. The number of aromatic nitrogens is 6. The first kappa shape index (κ1) is 43.8. The van der Waals surface area contributed by atoms with Gasteiger partial charge >= 0.3 is 0 Å². The lowest BCUT2D eigenvalue weighted by Crippen LogP contribution is -2.03. The summed E-state index contributed by atoms with van der Waals surface area (Å²) in [7, 11) is 0. The summed E-state index contributed by atoms with van der Waals surface area (Å²) in [6.07, 6.45) is 2.73. The maximum absolute atomic E-state index is 5.56. The zero-order valence-electron chi connectivity index (χ0n) is 41.3. The van der Waals surface area contributed by atoms with Gasteiger partial charge in [0.2, 0.25) is 0 Å². The first-order valence-electron chi connectivity index (χ1n) is 25.9. The lowest BCUT2D eigenvalue weighted by atomic mass is 9.95. The van der Waals surface area contributed by atoms with Crippen LogP contribution < -0.4 is 0 Å². The van der Waals surface area contributed by atoms with E-state index in [0.717, 1.165) is 44.9 Å². The van der Waals surface area contributed by atoms with Crippen LogP contribution in [0, 0.1) is 0 Å². The molecule has 77 heavy (non-hydrogen) atoms. The molecule has 10 aromatic carbocycles. The molecule has 8 heteroatoms. The molecular formula is C69H42N6S2. The molecule has 0 saturated carbocycles. The third-order valence-corrected chi connectivity index (χ3v) is 17.6. The Hall–Kier alpha value is -9.60. The fourth-order valence-electron chi connectivity index (χ4n) is 11.9. The zero-order valence-corrected chi connectivity index (χ0v) is 42.9. The lowest BCUT2D eigenvalue weighted by Gasteiger charge is -2.14. The van der Waals surface area contributed by atoms with E-state index in [0.29, 0.717) is 23.9 Å². The molecule has 6 heterocycles. The van der Waals surface area contributed by atoms with Crippen LogP contribution in [-0.2, 0) is 6.42 Å². The molecular weight excluding hydrogens is 977 g/mol. The molecule has 16 aromatic rings. The SMILES string of the molecule is c1ccc(-c2nc(-c3ccccc3)nc(-c3cc(Cc4cccc5sc6c(ccc7c6c6ccccc6n7-c6ccccc6)c45)cnc3-c3cccc4sc5c(ccc6c5c5ccccc5n6-c5ccccc5)c34)n2)cc1. The predicted molar refractivity (Wildman–Crippen MR) is 323 cm³/mol. The zero-order chi connectivity index (χ0) is 50.6. The summed E-state index contributed by atoms with van der Waals surface area (Å²) in [5.41, 5.74) is 13.9. The molecule has 0 amide bonds. The highest BCUT2D eigenvalue weighted by Gasteiger charge is 2.24. The van der Waals surface area contributed by atoms with Gasteiger partial charge in [0, 0.05) is 102 Å². The molecule has 360 valence electrons. The maximum atomic E-state index is 5.56. The van der Waals surface area contributed by atoms with E-state index in [1.807, 2.05) is 59.1 Å². The van der Waals surface area contributed by atoms with Crippen LogP contribution in [0.15, 0.2) is 243 Å². The Bertz CT molecular complexity index is 4940. The van der Waals surface area contributed by atoms with Crippen molar-refractivity contribution < 1.29 is 0 Å². The molecule has 0 unspecified atom stereocenters. The molecule has 0 radical (unpaired) electrons. The Morgan fingerprint density at radius 2 is 0.831 bits per heavy atom. The van der Waals surface area contributed by atoms with E-state index in [2.05, 4.69) is 216 Å². The molecule has 0 saturated heterocycles. The first-order chi connectivity index (χ1) is 38.2. The monoisotopic (exact) mass is 1020 g/mol. The second-order valence-electron chi connectivity index (χ2n) is 19.7.